The molecule has 0 aliphatic rings. The molecule has 0 aliphatic carbocycles. The monoisotopic (exact) mass is 168 g/mol. The van der Waals surface area contributed by atoms with Gasteiger partial charge in [0, 0.05) is 0 Å². The highest BCUT2D eigenvalue weighted by atomic mass is 14.1. The summed E-state index contributed by atoms with van der Waals surface area (Å²) < 4.78 is 0. The van der Waals surface area contributed by atoms with E-state index in [0.717, 1.165) is 11.8 Å². The molecule has 0 heteroatoms. The molecule has 0 fully saturated rings. The lowest BCUT2D eigenvalue weighted by Crippen LogP contribution is -2.03. The first-order chi connectivity index (χ1) is 5.56. The lowest BCUT2D eigenvalue weighted by atomic mass is 9.90. The summed E-state index contributed by atoms with van der Waals surface area (Å²) in [5, 5.41) is 0. The third kappa shape index (κ3) is 6.45. The molecule has 0 amide bonds. The molecule has 0 saturated heterocycles. The van der Waals surface area contributed by atoms with Crippen LogP contribution < -0.4 is 0 Å². The summed E-state index contributed by atoms with van der Waals surface area (Å²) in [4.78, 5) is 0. The lowest BCUT2D eigenvalue weighted by Gasteiger charge is -2.16. The minimum absolute atomic E-state index is 0.847. The number of hydrogen-bond donors (Lipinski definition) is 0. The molecule has 0 aromatic carbocycles. The first-order valence-electron chi connectivity index (χ1n) is 5.20. The Labute approximate surface area is 78.1 Å². The van der Waals surface area contributed by atoms with Gasteiger partial charge in [-0.2, -0.15) is 0 Å². The minimum atomic E-state index is 0.847. The van der Waals surface area contributed by atoms with Crippen LogP contribution in [0.3, 0.4) is 0 Å². The molecule has 0 aromatic heterocycles. The fourth-order valence-corrected chi connectivity index (χ4v) is 1.61. The van der Waals surface area contributed by atoms with Crippen molar-refractivity contribution in [2.24, 2.45) is 11.8 Å². The smallest absolute Gasteiger partial charge is 0.0323 e. The van der Waals surface area contributed by atoms with Gasteiger partial charge in [0.1, 0.15) is 0 Å². The van der Waals surface area contributed by atoms with E-state index >= 15 is 0 Å². The first kappa shape index (κ1) is 11.7. The molecule has 1 unspecified atom stereocenters. The topological polar surface area (TPSA) is 0 Å². The van der Waals surface area contributed by atoms with Crippen LogP contribution in [0.4, 0.5) is 0 Å². The average Bonchev–Trinajstić information content (AvgIpc) is 1.97. The van der Waals surface area contributed by atoms with Crippen molar-refractivity contribution in [2.45, 2.75) is 53.4 Å². The van der Waals surface area contributed by atoms with Crippen LogP contribution >= 0.6 is 0 Å². The maximum absolute atomic E-state index is 3.94. The zero-order chi connectivity index (χ0) is 9.56. The molecule has 0 N–H and O–H groups in total. The van der Waals surface area contributed by atoms with Gasteiger partial charge in [-0.15, -0.1) is 6.58 Å². The van der Waals surface area contributed by atoms with Gasteiger partial charge >= 0.3 is 0 Å². The minimum Gasteiger partial charge on any atom is -0.100 e. The fraction of sp³-hybridized carbons (Fsp3) is 0.833. The van der Waals surface area contributed by atoms with Crippen molar-refractivity contribution >= 4 is 0 Å². The van der Waals surface area contributed by atoms with Crippen LogP contribution in [0.1, 0.15) is 53.4 Å². The second kappa shape index (κ2) is 6.28. The molecule has 0 rings (SSSR count). The molecule has 0 radical (unpaired) electrons. The molecule has 0 spiro atoms. The van der Waals surface area contributed by atoms with Gasteiger partial charge in [-0.1, -0.05) is 32.8 Å². The summed E-state index contributed by atoms with van der Waals surface area (Å²) in [6.07, 6.45) is 5.25. The van der Waals surface area contributed by atoms with E-state index in [1.54, 1.807) is 0 Å². The van der Waals surface area contributed by atoms with Crippen LogP contribution in [-0.4, -0.2) is 0 Å². The molecule has 12 heavy (non-hydrogen) atoms. The standard InChI is InChI=1S/C12H24/c1-6-12(9-11(4)5)8-7-10(2)3/h11-12H,2,6-9H2,1,3-5H3. The molecule has 1 atom stereocenters. The average molecular weight is 168 g/mol. The third-order valence-electron chi connectivity index (χ3n) is 2.36. The molecule has 0 heterocycles. The zero-order valence-electron chi connectivity index (χ0n) is 9.19. The van der Waals surface area contributed by atoms with Crippen molar-refractivity contribution in [2.75, 3.05) is 0 Å². The van der Waals surface area contributed by atoms with Crippen LogP contribution in [0.5, 0.6) is 0 Å². The van der Waals surface area contributed by atoms with Crippen molar-refractivity contribution < 1.29 is 0 Å². The highest BCUT2D eigenvalue weighted by Crippen LogP contribution is 2.21. The molecule has 0 bridgehead atoms. The normalized spacial score (nSPS) is 13.4. The largest absolute Gasteiger partial charge is 0.100 e. The summed E-state index contributed by atoms with van der Waals surface area (Å²) in [5.74, 6) is 1.77. The van der Waals surface area contributed by atoms with Crippen molar-refractivity contribution in [3.8, 4) is 0 Å². The van der Waals surface area contributed by atoms with E-state index in [-0.39, 0.29) is 0 Å². The maximum Gasteiger partial charge on any atom is -0.0323 e. The first-order valence-corrected chi connectivity index (χ1v) is 5.20. The van der Waals surface area contributed by atoms with Gasteiger partial charge in [-0.05, 0) is 38.0 Å². The Morgan fingerprint density at radius 3 is 2.25 bits per heavy atom. The SMILES string of the molecule is C=C(C)CCC(CC)CC(C)C. The van der Waals surface area contributed by atoms with Crippen LogP contribution in [0.25, 0.3) is 0 Å². The Morgan fingerprint density at radius 2 is 1.92 bits per heavy atom. The highest BCUT2D eigenvalue weighted by Gasteiger charge is 2.07. The van der Waals surface area contributed by atoms with E-state index in [1.807, 2.05) is 0 Å². The van der Waals surface area contributed by atoms with E-state index in [4.69, 9.17) is 0 Å². The molecular formula is C12H24. The van der Waals surface area contributed by atoms with Crippen LogP contribution in [0.15, 0.2) is 12.2 Å². The maximum atomic E-state index is 3.94. The van der Waals surface area contributed by atoms with Crippen molar-refractivity contribution in [3.63, 3.8) is 0 Å². The van der Waals surface area contributed by atoms with E-state index in [1.165, 1.54) is 31.3 Å². The lowest BCUT2D eigenvalue weighted by molar-refractivity contribution is 0.376. The van der Waals surface area contributed by atoms with Gasteiger partial charge in [0.05, 0.1) is 0 Å². The van der Waals surface area contributed by atoms with Crippen molar-refractivity contribution in [1.29, 1.82) is 0 Å². The van der Waals surface area contributed by atoms with Crippen LogP contribution in [0, 0.1) is 11.8 Å². The number of allylic oxidation sites excluding steroid dienone is 1. The molecule has 0 saturated carbocycles. The molecule has 72 valence electrons. The zero-order valence-corrected chi connectivity index (χ0v) is 9.19. The van der Waals surface area contributed by atoms with E-state index < -0.39 is 0 Å². The van der Waals surface area contributed by atoms with Gasteiger partial charge in [-0.3, -0.25) is 0 Å². The number of rotatable bonds is 6. The predicted octanol–water partition coefficient (Wildman–Crippen LogP) is 4.42. The summed E-state index contributed by atoms with van der Waals surface area (Å²) in [7, 11) is 0. The van der Waals surface area contributed by atoms with E-state index in [2.05, 4.69) is 34.3 Å². The van der Waals surface area contributed by atoms with Crippen LogP contribution in [0.2, 0.25) is 0 Å². The highest BCUT2D eigenvalue weighted by molar-refractivity contribution is 4.88. The van der Waals surface area contributed by atoms with Crippen molar-refractivity contribution in [3.05, 3.63) is 12.2 Å². The Kier molecular flexibility index (Phi) is 6.14. The summed E-state index contributed by atoms with van der Waals surface area (Å²) in [6.45, 7) is 13.0. The van der Waals surface area contributed by atoms with Crippen molar-refractivity contribution in [1.82, 2.24) is 0 Å². The predicted molar refractivity (Wildman–Crippen MR) is 57.3 cm³/mol. The van der Waals surface area contributed by atoms with E-state index in [9.17, 15) is 0 Å². The second-order valence-corrected chi connectivity index (χ2v) is 4.40. The molecule has 0 aromatic rings. The Morgan fingerprint density at radius 1 is 1.33 bits per heavy atom. The van der Waals surface area contributed by atoms with Gasteiger partial charge < -0.3 is 0 Å². The van der Waals surface area contributed by atoms with Crippen LogP contribution in [-0.2, 0) is 0 Å². The van der Waals surface area contributed by atoms with E-state index in [0.29, 0.717) is 0 Å². The molecule has 0 aliphatic heterocycles. The van der Waals surface area contributed by atoms with Gasteiger partial charge in [0.25, 0.3) is 0 Å². The second-order valence-electron chi connectivity index (χ2n) is 4.40. The fourth-order valence-electron chi connectivity index (χ4n) is 1.61. The van der Waals surface area contributed by atoms with Gasteiger partial charge in [0.2, 0.25) is 0 Å². The summed E-state index contributed by atoms with van der Waals surface area (Å²) in [6, 6.07) is 0. The Bertz CT molecular complexity index is 122. The summed E-state index contributed by atoms with van der Waals surface area (Å²) >= 11 is 0. The summed E-state index contributed by atoms with van der Waals surface area (Å²) in [5.41, 5.74) is 1.33. The van der Waals surface area contributed by atoms with Gasteiger partial charge in [0.15, 0.2) is 0 Å². The van der Waals surface area contributed by atoms with Gasteiger partial charge in [-0.25, -0.2) is 0 Å². The number of hydrogen-bond acceptors (Lipinski definition) is 0. The molecular weight excluding hydrogens is 144 g/mol. The Balaban J connectivity index is 3.60. The molecule has 0 nitrogen and oxygen atoms in total. The third-order valence-corrected chi connectivity index (χ3v) is 2.36. The Hall–Kier alpha value is -0.260. The quantitative estimate of drug-likeness (QED) is 0.515.